The van der Waals surface area contributed by atoms with Gasteiger partial charge in [-0.1, -0.05) is 0 Å². The SMILES string of the molecule is O=C(NN=Cc1ccc(F)s1)c1cc(-c2ccc(F)cc2)n[nH]1. The number of thiophene rings is 1. The maximum atomic E-state index is 12.9. The molecule has 0 fully saturated rings. The van der Waals surface area contributed by atoms with E-state index in [4.69, 9.17) is 0 Å². The van der Waals surface area contributed by atoms with E-state index in [1.165, 1.54) is 30.5 Å². The van der Waals surface area contributed by atoms with Crippen LogP contribution in [0, 0.1) is 10.9 Å². The van der Waals surface area contributed by atoms with Crippen LogP contribution in [0.1, 0.15) is 15.4 Å². The summed E-state index contributed by atoms with van der Waals surface area (Å²) in [4.78, 5) is 12.5. The molecule has 0 atom stereocenters. The summed E-state index contributed by atoms with van der Waals surface area (Å²) in [6.45, 7) is 0. The fourth-order valence-corrected chi connectivity index (χ4v) is 2.42. The van der Waals surface area contributed by atoms with Crippen LogP contribution in [0.3, 0.4) is 0 Å². The van der Waals surface area contributed by atoms with E-state index >= 15 is 0 Å². The van der Waals surface area contributed by atoms with Gasteiger partial charge in [-0.05, 0) is 42.5 Å². The van der Waals surface area contributed by atoms with Crippen molar-refractivity contribution in [3.63, 3.8) is 0 Å². The summed E-state index contributed by atoms with van der Waals surface area (Å²) in [5.41, 5.74) is 3.71. The summed E-state index contributed by atoms with van der Waals surface area (Å²) in [6, 6.07) is 10.2. The fraction of sp³-hybridized carbons (Fsp3) is 0. The highest BCUT2D eigenvalue weighted by Crippen LogP contribution is 2.18. The Bertz CT molecular complexity index is 855. The predicted octanol–water partition coefficient (Wildman–Crippen LogP) is 3.18. The van der Waals surface area contributed by atoms with Crippen LogP contribution in [0.4, 0.5) is 8.78 Å². The smallest absolute Gasteiger partial charge is 0.272 e. The maximum absolute atomic E-state index is 12.9. The van der Waals surface area contributed by atoms with Crippen molar-refractivity contribution < 1.29 is 13.6 Å². The van der Waals surface area contributed by atoms with Crippen molar-refractivity contribution >= 4 is 23.5 Å². The van der Waals surface area contributed by atoms with E-state index in [1.54, 1.807) is 18.2 Å². The molecule has 0 spiro atoms. The predicted molar refractivity (Wildman–Crippen MR) is 83.3 cm³/mol. The number of aromatic nitrogens is 2. The minimum absolute atomic E-state index is 0.207. The average Bonchev–Trinajstić information content (AvgIpc) is 3.17. The third-order valence-corrected chi connectivity index (χ3v) is 3.72. The second-order valence-electron chi connectivity index (χ2n) is 4.51. The van der Waals surface area contributed by atoms with E-state index in [1.807, 2.05) is 0 Å². The Morgan fingerprint density at radius 1 is 1.22 bits per heavy atom. The first-order chi connectivity index (χ1) is 11.1. The number of H-pyrrole nitrogens is 1. The van der Waals surface area contributed by atoms with Crippen LogP contribution in [0.2, 0.25) is 0 Å². The zero-order chi connectivity index (χ0) is 16.2. The van der Waals surface area contributed by atoms with E-state index in [0.717, 1.165) is 11.3 Å². The average molecular weight is 332 g/mol. The molecule has 2 heterocycles. The number of hydrazone groups is 1. The lowest BCUT2D eigenvalue weighted by Gasteiger charge is -1.95. The highest BCUT2D eigenvalue weighted by Gasteiger charge is 2.10. The topological polar surface area (TPSA) is 70.1 Å². The number of carbonyl (C=O) groups is 1. The van der Waals surface area contributed by atoms with E-state index in [0.29, 0.717) is 16.1 Å². The molecule has 0 aliphatic rings. The number of hydrogen-bond acceptors (Lipinski definition) is 4. The molecule has 8 heteroatoms. The number of hydrogen-bond donors (Lipinski definition) is 2. The Kier molecular flexibility index (Phi) is 4.24. The summed E-state index contributed by atoms with van der Waals surface area (Å²) >= 11 is 0.920. The lowest BCUT2D eigenvalue weighted by atomic mass is 10.1. The van der Waals surface area contributed by atoms with Gasteiger partial charge in [0.25, 0.3) is 5.91 Å². The lowest BCUT2D eigenvalue weighted by molar-refractivity contribution is 0.0950. The van der Waals surface area contributed by atoms with Gasteiger partial charge in [0.2, 0.25) is 0 Å². The van der Waals surface area contributed by atoms with E-state index in [9.17, 15) is 13.6 Å². The Morgan fingerprint density at radius 2 is 2.00 bits per heavy atom. The lowest BCUT2D eigenvalue weighted by Crippen LogP contribution is -2.17. The van der Waals surface area contributed by atoms with Gasteiger partial charge < -0.3 is 0 Å². The maximum Gasteiger partial charge on any atom is 0.289 e. The highest BCUT2D eigenvalue weighted by molar-refractivity contribution is 7.12. The zero-order valence-electron chi connectivity index (χ0n) is 11.6. The Morgan fingerprint density at radius 3 is 2.70 bits per heavy atom. The second-order valence-corrected chi connectivity index (χ2v) is 5.58. The molecule has 5 nitrogen and oxygen atoms in total. The molecular formula is C15H10F2N4OS. The molecule has 3 rings (SSSR count). The van der Waals surface area contributed by atoms with Crippen LogP contribution in [-0.2, 0) is 0 Å². The molecule has 116 valence electrons. The number of rotatable bonds is 4. The molecule has 1 amide bonds. The molecule has 0 saturated carbocycles. The highest BCUT2D eigenvalue weighted by atomic mass is 32.1. The number of halogens is 2. The van der Waals surface area contributed by atoms with Gasteiger partial charge in [0, 0.05) is 5.56 Å². The van der Waals surface area contributed by atoms with Crippen LogP contribution in [0.5, 0.6) is 0 Å². The van der Waals surface area contributed by atoms with Crippen LogP contribution in [0.15, 0.2) is 47.6 Å². The van der Waals surface area contributed by atoms with E-state index in [2.05, 4.69) is 20.7 Å². The first kappa shape index (κ1) is 15.0. The standard InChI is InChI=1S/C15H10F2N4OS/c16-10-3-1-9(2-4-10)12-7-13(20-19-12)15(22)21-18-8-11-5-6-14(17)23-11/h1-8H,(H,19,20)(H,21,22). The largest absolute Gasteiger partial charge is 0.289 e. The van der Waals surface area contributed by atoms with Crippen molar-refractivity contribution in [1.29, 1.82) is 0 Å². The van der Waals surface area contributed by atoms with Gasteiger partial charge in [0.1, 0.15) is 11.5 Å². The second kappa shape index (κ2) is 6.49. The Hall–Kier alpha value is -2.87. The molecule has 0 aliphatic heterocycles. The number of benzene rings is 1. The third-order valence-electron chi connectivity index (χ3n) is 2.91. The summed E-state index contributed by atoms with van der Waals surface area (Å²) in [5.74, 6) is -0.833. The van der Waals surface area contributed by atoms with Crippen molar-refractivity contribution in [1.82, 2.24) is 15.6 Å². The molecule has 0 radical (unpaired) electrons. The summed E-state index contributed by atoms with van der Waals surface area (Å²) in [7, 11) is 0. The minimum atomic E-state index is -0.487. The van der Waals surface area contributed by atoms with Gasteiger partial charge in [-0.25, -0.2) is 9.82 Å². The molecule has 3 aromatic rings. The first-order valence-electron chi connectivity index (χ1n) is 6.52. The molecule has 2 aromatic heterocycles. The number of aromatic amines is 1. The van der Waals surface area contributed by atoms with Crippen LogP contribution >= 0.6 is 11.3 Å². The molecule has 0 bridgehead atoms. The Balaban J connectivity index is 1.66. The number of nitrogens with one attached hydrogen (secondary N) is 2. The summed E-state index contributed by atoms with van der Waals surface area (Å²) < 4.78 is 25.7. The molecule has 0 unspecified atom stereocenters. The van der Waals surface area contributed by atoms with Gasteiger partial charge in [-0.15, -0.1) is 11.3 Å². The number of amides is 1. The summed E-state index contributed by atoms with van der Waals surface area (Å²) in [6.07, 6.45) is 1.35. The summed E-state index contributed by atoms with van der Waals surface area (Å²) in [5, 5.41) is 10.0. The van der Waals surface area contributed by atoms with Crippen LogP contribution in [-0.4, -0.2) is 22.3 Å². The molecule has 0 aliphatic carbocycles. The first-order valence-corrected chi connectivity index (χ1v) is 7.33. The van der Waals surface area contributed by atoms with Crippen molar-refractivity contribution in [2.75, 3.05) is 0 Å². The van der Waals surface area contributed by atoms with Gasteiger partial charge in [0.15, 0.2) is 5.13 Å². The van der Waals surface area contributed by atoms with Gasteiger partial charge in [0.05, 0.1) is 16.8 Å². The molecule has 2 N–H and O–H groups in total. The van der Waals surface area contributed by atoms with Gasteiger partial charge in [-0.3, -0.25) is 9.89 Å². The van der Waals surface area contributed by atoms with E-state index in [-0.39, 0.29) is 16.6 Å². The third kappa shape index (κ3) is 3.67. The minimum Gasteiger partial charge on any atom is -0.272 e. The molecule has 1 aromatic carbocycles. The molecule has 23 heavy (non-hydrogen) atoms. The van der Waals surface area contributed by atoms with Crippen molar-refractivity contribution in [3.05, 3.63) is 64.0 Å². The van der Waals surface area contributed by atoms with Crippen molar-refractivity contribution in [3.8, 4) is 11.3 Å². The van der Waals surface area contributed by atoms with Crippen molar-refractivity contribution in [2.45, 2.75) is 0 Å². The van der Waals surface area contributed by atoms with Crippen LogP contribution in [0.25, 0.3) is 11.3 Å². The monoisotopic (exact) mass is 332 g/mol. The van der Waals surface area contributed by atoms with Gasteiger partial charge in [-0.2, -0.15) is 14.6 Å². The molecule has 0 saturated heterocycles. The fourth-order valence-electron chi connectivity index (χ4n) is 1.82. The zero-order valence-corrected chi connectivity index (χ0v) is 12.4. The molecular weight excluding hydrogens is 322 g/mol. The van der Waals surface area contributed by atoms with E-state index < -0.39 is 5.91 Å². The van der Waals surface area contributed by atoms with Crippen molar-refractivity contribution in [2.24, 2.45) is 5.10 Å². The van der Waals surface area contributed by atoms with Crippen LogP contribution < -0.4 is 5.43 Å². The number of nitrogens with zero attached hydrogens (tertiary/aromatic N) is 2. The number of carbonyl (C=O) groups excluding carboxylic acids is 1. The quantitative estimate of drug-likeness (QED) is 0.569. The normalized spacial score (nSPS) is 11.0. The Labute approximate surface area is 133 Å². The van der Waals surface area contributed by atoms with Gasteiger partial charge >= 0.3 is 0 Å².